The second-order valence-electron chi connectivity index (χ2n) is 14.2. The fourth-order valence-corrected chi connectivity index (χ4v) is 6.50. The first kappa shape index (κ1) is 52.0. The minimum Gasteiger partial charge on any atom is -0.462 e. The number of ether oxygens (including phenoxy) is 2. The monoisotopic (exact) mass is 782 g/mol. The Morgan fingerprint density at radius 2 is 0.963 bits per heavy atom. The second kappa shape index (κ2) is 40.6. The summed E-state index contributed by atoms with van der Waals surface area (Å²) < 4.78 is 32.7. The molecular formula is C44H80NO8P. The maximum Gasteiger partial charge on any atom is 0.472 e. The van der Waals surface area contributed by atoms with Crippen molar-refractivity contribution in [3.8, 4) is 0 Å². The van der Waals surface area contributed by atoms with Gasteiger partial charge in [-0.25, -0.2) is 4.57 Å². The van der Waals surface area contributed by atoms with Gasteiger partial charge >= 0.3 is 19.8 Å². The summed E-state index contributed by atoms with van der Waals surface area (Å²) >= 11 is 0. The third-order valence-corrected chi connectivity index (χ3v) is 9.95. The van der Waals surface area contributed by atoms with E-state index in [1.54, 1.807) is 0 Å². The topological polar surface area (TPSA) is 134 Å². The fraction of sp³-hybridized carbons (Fsp3) is 0.773. The zero-order chi connectivity index (χ0) is 39.6. The number of nitrogens with two attached hydrogens (primary N) is 1. The molecule has 0 aromatic carbocycles. The molecule has 0 heterocycles. The number of allylic oxidation sites excluding steroid dienone is 8. The van der Waals surface area contributed by atoms with Crippen LogP contribution in [0, 0.1) is 0 Å². The Bertz CT molecular complexity index is 1030. The smallest absolute Gasteiger partial charge is 0.462 e. The molecule has 0 aromatic rings. The molecule has 0 aromatic heterocycles. The Hall–Kier alpha value is -2.03. The van der Waals surface area contributed by atoms with E-state index in [4.69, 9.17) is 24.3 Å². The van der Waals surface area contributed by atoms with Crippen LogP contribution >= 0.6 is 7.82 Å². The van der Waals surface area contributed by atoms with Crippen LogP contribution in [0.5, 0.6) is 0 Å². The van der Waals surface area contributed by atoms with Crippen LogP contribution in [0.25, 0.3) is 0 Å². The van der Waals surface area contributed by atoms with E-state index in [9.17, 15) is 19.0 Å². The molecule has 0 bridgehead atoms. The Morgan fingerprint density at radius 3 is 1.46 bits per heavy atom. The summed E-state index contributed by atoms with van der Waals surface area (Å²) in [5.41, 5.74) is 5.34. The number of carbonyl (C=O) groups excluding carboxylic acids is 2. The van der Waals surface area contributed by atoms with Gasteiger partial charge in [-0.1, -0.05) is 165 Å². The number of phosphoric ester groups is 1. The summed E-state index contributed by atoms with van der Waals surface area (Å²) in [4.78, 5) is 34.8. The molecule has 314 valence electrons. The summed E-state index contributed by atoms with van der Waals surface area (Å²) in [6.07, 6.45) is 45.6. The maximum absolute atomic E-state index is 12.6. The van der Waals surface area contributed by atoms with E-state index in [1.807, 2.05) is 0 Å². The number of esters is 2. The average Bonchev–Trinajstić information content (AvgIpc) is 3.16. The molecule has 3 N–H and O–H groups in total. The molecule has 0 radical (unpaired) electrons. The number of hydrogen-bond donors (Lipinski definition) is 2. The molecule has 0 spiro atoms. The molecule has 0 aliphatic rings. The highest BCUT2D eigenvalue weighted by Gasteiger charge is 2.26. The predicted molar refractivity (Wildman–Crippen MR) is 224 cm³/mol. The number of hydrogen-bond acceptors (Lipinski definition) is 8. The van der Waals surface area contributed by atoms with E-state index in [0.29, 0.717) is 12.8 Å². The highest BCUT2D eigenvalue weighted by atomic mass is 31.2. The van der Waals surface area contributed by atoms with Crippen LogP contribution in [0.3, 0.4) is 0 Å². The summed E-state index contributed by atoms with van der Waals surface area (Å²) in [7, 11) is -4.38. The van der Waals surface area contributed by atoms with Gasteiger partial charge in [-0.2, -0.15) is 0 Å². The lowest BCUT2D eigenvalue weighted by Gasteiger charge is -2.19. The Labute approximate surface area is 330 Å². The van der Waals surface area contributed by atoms with Crippen molar-refractivity contribution in [3.05, 3.63) is 48.6 Å². The highest BCUT2D eigenvalue weighted by Crippen LogP contribution is 2.43. The van der Waals surface area contributed by atoms with E-state index >= 15 is 0 Å². The van der Waals surface area contributed by atoms with Gasteiger partial charge in [-0.15, -0.1) is 0 Å². The third kappa shape index (κ3) is 39.7. The van der Waals surface area contributed by atoms with Crippen LogP contribution in [0.2, 0.25) is 0 Å². The van der Waals surface area contributed by atoms with Crippen molar-refractivity contribution < 1.29 is 37.6 Å². The van der Waals surface area contributed by atoms with Gasteiger partial charge in [-0.05, 0) is 57.8 Å². The van der Waals surface area contributed by atoms with Crippen molar-refractivity contribution in [2.24, 2.45) is 5.73 Å². The molecule has 0 saturated carbocycles. The molecule has 0 saturated heterocycles. The second-order valence-corrected chi connectivity index (χ2v) is 15.7. The zero-order valence-corrected chi connectivity index (χ0v) is 35.3. The summed E-state index contributed by atoms with van der Waals surface area (Å²) in [5.74, 6) is -0.863. The lowest BCUT2D eigenvalue weighted by molar-refractivity contribution is -0.161. The van der Waals surface area contributed by atoms with Gasteiger partial charge < -0.3 is 20.1 Å². The van der Waals surface area contributed by atoms with Gasteiger partial charge in [0.2, 0.25) is 0 Å². The van der Waals surface area contributed by atoms with E-state index in [1.165, 1.54) is 89.9 Å². The summed E-state index contributed by atoms with van der Waals surface area (Å²) in [5, 5.41) is 0. The van der Waals surface area contributed by atoms with Crippen molar-refractivity contribution in [2.45, 2.75) is 193 Å². The minimum atomic E-state index is -4.38. The van der Waals surface area contributed by atoms with E-state index in [0.717, 1.165) is 57.8 Å². The van der Waals surface area contributed by atoms with Gasteiger partial charge in [0, 0.05) is 19.4 Å². The summed E-state index contributed by atoms with van der Waals surface area (Å²) in [6, 6.07) is 0. The number of carbonyl (C=O) groups is 2. The largest absolute Gasteiger partial charge is 0.472 e. The van der Waals surface area contributed by atoms with Crippen LogP contribution in [-0.4, -0.2) is 49.3 Å². The molecule has 9 nitrogen and oxygen atoms in total. The van der Waals surface area contributed by atoms with E-state index in [2.05, 4.69) is 62.5 Å². The van der Waals surface area contributed by atoms with E-state index in [-0.39, 0.29) is 32.6 Å². The van der Waals surface area contributed by atoms with Gasteiger partial charge in [0.1, 0.15) is 6.61 Å². The number of rotatable bonds is 40. The van der Waals surface area contributed by atoms with Crippen molar-refractivity contribution >= 4 is 19.8 Å². The molecule has 54 heavy (non-hydrogen) atoms. The molecule has 0 rings (SSSR count). The van der Waals surface area contributed by atoms with Gasteiger partial charge in [0.05, 0.1) is 13.2 Å². The van der Waals surface area contributed by atoms with Crippen LogP contribution in [0.15, 0.2) is 48.6 Å². The average molecular weight is 782 g/mol. The molecule has 1 unspecified atom stereocenters. The van der Waals surface area contributed by atoms with Crippen LogP contribution in [-0.2, 0) is 32.7 Å². The molecule has 10 heteroatoms. The van der Waals surface area contributed by atoms with Crippen molar-refractivity contribution in [1.29, 1.82) is 0 Å². The molecule has 2 atom stereocenters. The molecular weight excluding hydrogens is 701 g/mol. The highest BCUT2D eigenvalue weighted by molar-refractivity contribution is 7.47. The van der Waals surface area contributed by atoms with Crippen LogP contribution in [0.1, 0.15) is 187 Å². The van der Waals surface area contributed by atoms with Crippen molar-refractivity contribution in [2.75, 3.05) is 26.4 Å². The minimum absolute atomic E-state index is 0.0483. The molecule has 0 fully saturated rings. The zero-order valence-electron chi connectivity index (χ0n) is 34.4. The van der Waals surface area contributed by atoms with Gasteiger partial charge in [0.15, 0.2) is 6.10 Å². The molecule has 0 aliphatic carbocycles. The fourth-order valence-electron chi connectivity index (χ4n) is 5.73. The Morgan fingerprint density at radius 1 is 0.556 bits per heavy atom. The van der Waals surface area contributed by atoms with Crippen molar-refractivity contribution in [3.63, 3.8) is 0 Å². The lowest BCUT2D eigenvalue weighted by Crippen LogP contribution is -2.29. The standard InChI is InChI=1S/C44H80NO8P/c1-3-5-7-9-11-13-15-17-19-20-21-22-23-25-26-28-30-32-34-36-43(46)50-40-42(41-52-54(48,49)51-39-38-45)53-44(47)37-35-33-31-29-27-24-18-16-14-12-10-8-6-4-2/h11,13,17,19,21-22,25-26,42H,3-10,12,14-16,18,20,23-24,27-41,45H2,1-2H3,(H,48,49)/b13-11-,19-17-,22-21-,26-25-/t42-/m1/s1. The predicted octanol–water partition coefficient (Wildman–Crippen LogP) is 12.3. The lowest BCUT2D eigenvalue weighted by atomic mass is 10.0. The number of unbranched alkanes of at least 4 members (excludes halogenated alkanes) is 19. The van der Waals surface area contributed by atoms with Crippen molar-refractivity contribution in [1.82, 2.24) is 0 Å². The molecule has 0 amide bonds. The van der Waals surface area contributed by atoms with Crippen LogP contribution < -0.4 is 5.73 Å². The summed E-state index contributed by atoms with van der Waals surface area (Å²) in [6.45, 7) is 3.67. The first-order valence-electron chi connectivity index (χ1n) is 21.6. The van der Waals surface area contributed by atoms with E-state index < -0.39 is 32.5 Å². The Balaban J connectivity index is 4.21. The normalized spacial score (nSPS) is 13.8. The van der Waals surface area contributed by atoms with Gasteiger partial charge in [-0.3, -0.25) is 18.6 Å². The first-order chi connectivity index (χ1) is 26.3. The quantitative estimate of drug-likeness (QED) is 0.0269. The third-order valence-electron chi connectivity index (χ3n) is 8.97. The molecule has 0 aliphatic heterocycles. The Kier molecular flexibility index (Phi) is 39.1. The number of phosphoric acid groups is 1. The maximum atomic E-state index is 12.6. The van der Waals surface area contributed by atoms with Crippen LogP contribution in [0.4, 0.5) is 0 Å². The first-order valence-corrected chi connectivity index (χ1v) is 23.1. The SMILES string of the molecule is CCCCC/C=C\C/C=C\C/C=C\C/C=C\CCCCCC(=O)OC[C@H](COP(=O)(O)OCCN)OC(=O)CCCCCCCCCCCCCCCC. The van der Waals surface area contributed by atoms with Gasteiger partial charge in [0.25, 0.3) is 0 Å².